The van der Waals surface area contributed by atoms with Crippen LogP contribution in [-0.4, -0.2) is 34.0 Å². The highest BCUT2D eigenvalue weighted by Gasteiger charge is 2.23. The van der Waals surface area contributed by atoms with Crippen molar-refractivity contribution in [3.8, 4) is 5.75 Å². The summed E-state index contributed by atoms with van der Waals surface area (Å²) in [4.78, 5) is 12.7. The minimum absolute atomic E-state index is 0. The van der Waals surface area contributed by atoms with Crippen LogP contribution in [-0.2, 0) is 10.0 Å². The van der Waals surface area contributed by atoms with Gasteiger partial charge in [-0.25, -0.2) is 13.1 Å². The number of nitrogens with one attached hydrogen (secondary N) is 2. The number of amides is 1. The third-order valence-corrected chi connectivity index (χ3v) is 5.60. The molecule has 4 N–H and O–H groups in total. The van der Waals surface area contributed by atoms with Gasteiger partial charge in [0.15, 0.2) is 0 Å². The van der Waals surface area contributed by atoms with Crippen molar-refractivity contribution in [1.82, 2.24) is 4.72 Å². The average Bonchev–Trinajstić information content (AvgIpc) is 3.50. The highest BCUT2D eigenvalue weighted by Crippen LogP contribution is 2.30. The molecule has 28 heavy (non-hydrogen) atoms. The molecule has 0 heterocycles. The maximum Gasteiger partial charge on any atom is 0.259 e. The highest BCUT2D eigenvalue weighted by atomic mass is 35.5. The number of nitrogens with two attached hydrogens (primary N) is 1. The van der Waals surface area contributed by atoms with E-state index < -0.39 is 10.0 Å². The van der Waals surface area contributed by atoms with E-state index >= 15 is 0 Å². The standard InChI is InChI=1S/C19H23N3O4S.ClH/c20-10-11-21-27(24,25)16-5-3-4-15(12-16)22-19(23)17-6-1-2-7-18(17)26-13-14-8-9-14;/h1-7,12,14,21H,8-11,13,20H2,(H,22,23);1H. The summed E-state index contributed by atoms with van der Waals surface area (Å²) in [6.07, 6.45) is 2.32. The number of hydrogen-bond donors (Lipinski definition) is 3. The summed E-state index contributed by atoms with van der Waals surface area (Å²) < 4.78 is 32.6. The largest absolute Gasteiger partial charge is 0.492 e. The van der Waals surface area contributed by atoms with Crippen molar-refractivity contribution < 1.29 is 17.9 Å². The third kappa shape index (κ3) is 5.93. The van der Waals surface area contributed by atoms with Gasteiger partial charge in [0.1, 0.15) is 5.75 Å². The van der Waals surface area contributed by atoms with Crippen LogP contribution in [0.3, 0.4) is 0 Å². The van der Waals surface area contributed by atoms with Crippen molar-refractivity contribution in [2.45, 2.75) is 17.7 Å². The molecule has 0 radical (unpaired) electrons. The number of ether oxygens (including phenoxy) is 1. The molecule has 0 saturated heterocycles. The fourth-order valence-electron chi connectivity index (χ4n) is 2.49. The van der Waals surface area contributed by atoms with Gasteiger partial charge in [0.25, 0.3) is 5.91 Å². The Kier molecular flexibility index (Phi) is 7.82. The van der Waals surface area contributed by atoms with Gasteiger partial charge in [0.2, 0.25) is 10.0 Å². The van der Waals surface area contributed by atoms with Gasteiger partial charge >= 0.3 is 0 Å². The third-order valence-electron chi connectivity index (χ3n) is 4.14. The molecular formula is C19H24ClN3O4S. The molecule has 152 valence electrons. The molecule has 1 saturated carbocycles. The summed E-state index contributed by atoms with van der Waals surface area (Å²) in [6.45, 7) is 0.947. The number of anilines is 1. The molecule has 1 aliphatic rings. The van der Waals surface area contributed by atoms with Gasteiger partial charge in [-0.05, 0) is 49.1 Å². The van der Waals surface area contributed by atoms with Crippen molar-refractivity contribution in [3.05, 3.63) is 54.1 Å². The molecule has 1 fully saturated rings. The Bertz CT molecular complexity index is 917. The maximum atomic E-state index is 12.7. The van der Waals surface area contributed by atoms with Gasteiger partial charge in [-0.1, -0.05) is 18.2 Å². The number of hydrogen-bond acceptors (Lipinski definition) is 5. The van der Waals surface area contributed by atoms with Gasteiger partial charge in [-0.15, -0.1) is 12.4 Å². The van der Waals surface area contributed by atoms with Crippen molar-refractivity contribution in [1.29, 1.82) is 0 Å². The molecule has 0 unspecified atom stereocenters. The first-order chi connectivity index (χ1) is 13.0. The second kappa shape index (κ2) is 9.88. The summed E-state index contributed by atoms with van der Waals surface area (Å²) in [5, 5.41) is 2.73. The molecule has 0 atom stereocenters. The summed E-state index contributed by atoms with van der Waals surface area (Å²) in [5.74, 6) is 0.741. The molecule has 9 heteroatoms. The van der Waals surface area contributed by atoms with E-state index in [0.717, 1.165) is 12.8 Å². The van der Waals surface area contributed by atoms with E-state index in [-0.39, 0.29) is 36.3 Å². The fraction of sp³-hybridized carbons (Fsp3) is 0.316. The van der Waals surface area contributed by atoms with Crippen LogP contribution < -0.4 is 20.5 Å². The van der Waals surface area contributed by atoms with Crippen molar-refractivity contribution in [2.75, 3.05) is 25.0 Å². The second-order valence-electron chi connectivity index (χ2n) is 6.42. The van der Waals surface area contributed by atoms with E-state index in [0.29, 0.717) is 29.5 Å². The van der Waals surface area contributed by atoms with Crippen LogP contribution in [0.25, 0.3) is 0 Å². The molecule has 0 aliphatic heterocycles. The van der Waals surface area contributed by atoms with Gasteiger partial charge in [0.05, 0.1) is 17.1 Å². The van der Waals surface area contributed by atoms with Crippen molar-refractivity contribution in [2.24, 2.45) is 11.7 Å². The molecular weight excluding hydrogens is 402 g/mol. The SMILES string of the molecule is Cl.NCCNS(=O)(=O)c1cccc(NC(=O)c2ccccc2OCC2CC2)c1. The molecule has 1 aliphatic carbocycles. The average molecular weight is 426 g/mol. The second-order valence-corrected chi connectivity index (χ2v) is 8.19. The first kappa shape index (κ1) is 22.2. The summed E-state index contributed by atoms with van der Waals surface area (Å²) in [6, 6.07) is 13.1. The van der Waals surface area contributed by atoms with Crippen LogP contribution in [0.4, 0.5) is 5.69 Å². The Morgan fingerprint density at radius 2 is 1.89 bits per heavy atom. The summed E-state index contributed by atoms with van der Waals surface area (Å²) in [7, 11) is -3.67. The number of carbonyl (C=O) groups is 1. The zero-order valence-corrected chi connectivity index (χ0v) is 16.9. The lowest BCUT2D eigenvalue weighted by atomic mass is 10.2. The van der Waals surface area contributed by atoms with Crippen LogP contribution in [0.1, 0.15) is 23.2 Å². The molecule has 0 bridgehead atoms. The normalized spacial score (nSPS) is 13.5. The molecule has 0 aromatic heterocycles. The van der Waals surface area contributed by atoms with E-state index in [2.05, 4.69) is 10.0 Å². The predicted octanol–water partition coefficient (Wildman–Crippen LogP) is 2.39. The molecule has 2 aromatic rings. The maximum absolute atomic E-state index is 12.7. The van der Waals surface area contributed by atoms with E-state index in [9.17, 15) is 13.2 Å². The number of carbonyl (C=O) groups excluding carboxylic acids is 1. The Hall–Kier alpha value is -2.13. The number of sulfonamides is 1. The van der Waals surface area contributed by atoms with E-state index in [1.54, 1.807) is 30.3 Å². The van der Waals surface area contributed by atoms with Crippen LogP contribution in [0.2, 0.25) is 0 Å². The lowest BCUT2D eigenvalue weighted by molar-refractivity contribution is 0.102. The van der Waals surface area contributed by atoms with Gasteiger partial charge in [-0.3, -0.25) is 4.79 Å². The van der Waals surface area contributed by atoms with Crippen LogP contribution in [0.15, 0.2) is 53.4 Å². The predicted molar refractivity (Wildman–Crippen MR) is 111 cm³/mol. The highest BCUT2D eigenvalue weighted by molar-refractivity contribution is 7.89. The number of rotatable bonds is 9. The Labute approximate surface area is 171 Å². The number of benzene rings is 2. The Morgan fingerprint density at radius 3 is 2.61 bits per heavy atom. The Morgan fingerprint density at radius 1 is 1.14 bits per heavy atom. The van der Waals surface area contributed by atoms with Crippen molar-refractivity contribution >= 4 is 34.0 Å². The number of halogens is 1. The molecule has 7 nitrogen and oxygen atoms in total. The van der Waals surface area contributed by atoms with Crippen molar-refractivity contribution in [3.63, 3.8) is 0 Å². The molecule has 1 amide bonds. The van der Waals surface area contributed by atoms with E-state index in [1.165, 1.54) is 12.1 Å². The molecule has 0 spiro atoms. The minimum Gasteiger partial charge on any atom is -0.492 e. The van der Waals surface area contributed by atoms with Crippen LogP contribution in [0.5, 0.6) is 5.75 Å². The molecule has 3 rings (SSSR count). The monoisotopic (exact) mass is 425 g/mol. The van der Waals surface area contributed by atoms with Gasteiger partial charge < -0.3 is 15.8 Å². The number of para-hydroxylation sites is 1. The topological polar surface area (TPSA) is 111 Å². The van der Waals surface area contributed by atoms with Gasteiger partial charge in [0, 0.05) is 18.8 Å². The lowest BCUT2D eigenvalue weighted by Gasteiger charge is -2.12. The smallest absolute Gasteiger partial charge is 0.259 e. The zero-order chi connectivity index (χ0) is 19.3. The van der Waals surface area contributed by atoms with E-state index in [1.807, 2.05) is 6.07 Å². The van der Waals surface area contributed by atoms with E-state index in [4.69, 9.17) is 10.5 Å². The van der Waals surface area contributed by atoms with Gasteiger partial charge in [-0.2, -0.15) is 0 Å². The molecule has 2 aromatic carbocycles. The van der Waals surface area contributed by atoms with Crippen LogP contribution in [0, 0.1) is 5.92 Å². The first-order valence-electron chi connectivity index (χ1n) is 8.82. The summed E-state index contributed by atoms with van der Waals surface area (Å²) in [5.41, 5.74) is 6.13. The summed E-state index contributed by atoms with van der Waals surface area (Å²) >= 11 is 0. The van der Waals surface area contributed by atoms with Crippen LogP contribution >= 0.6 is 12.4 Å². The fourth-order valence-corrected chi connectivity index (χ4v) is 3.58. The first-order valence-corrected chi connectivity index (χ1v) is 10.3. The lowest BCUT2D eigenvalue weighted by Crippen LogP contribution is -2.29. The quantitative estimate of drug-likeness (QED) is 0.571. The minimum atomic E-state index is -3.67. The zero-order valence-electron chi connectivity index (χ0n) is 15.3. The Balaban J connectivity index is 0.00000280.